The van der Waals surface area contributed by atoms with Gasteiger partial charge in [-0.05, 0) is 45.2 Å². The summed E-state index contributed by atoms with van der Waals surface area (Å²) in [5.41, 5.74) is 0.383. The highest BCUT2D eigenvalue weighted by Crippen LogP contribution is 2.30. The number of nitrogens with zero attached hydrogens (tertiary/aromatic N) is 1. The smallest absolute Gasteiger partial charge is 0.0593 e. The Kier molecular flexibility index (Phi) is 8.62. The third kappa shape index (κ3) is 6.70. The first-order valence-electron chi connectivity index (χ1n) is 7.77. The molecule has 0 amide bonds. The van der Waals surface area contributed by atoms with E-state index in [0.29, 0.717) is 5.41 Å². The van der Waals surface area contributed by atoms with Crippen molar-refractivity contribution in [1.29, 1.82) is 0 Å². The van der Waals surface area contributed by atoms with Crippen LogP contribution in [0.15, 0.2) is 0 Å². The Bertz CT molecular complexity index is 218. The Hall–Kier alpha value is -0.160. The van der Waals surface area contributed by atoms with Crippen molar-refractivity contribution in [3.63, 3.8) is 0 Å². The molecule has 1 N–H and O–H groups in total. The molecule has 0 atom stereocenters. The van der Waals surface area contributed by atoms with E-state index in [1.165, 1.54) is 19.3 Å². The second kappa shape index (κ2) is 9.70. The minimum absolute atomic E-state index is 0.383. The van der Waals surface area contributed by atoms with E-state index in [1.54, 1.807) is 0 Å². The molecule has 1 heterocycles. The second-order valence-corrected chi connectivity index (χ2v) is 5.72. The maximum absolute atomic E-state index is 5.54. The molecule has 0 unspecified atom stereocenters. The zero-order chi connectivity index (χ0) is 14.0. The average Bonchev–Trinajstić information content (AvgIpc) is 2.40. The van der Waals surface area contributed by atoms with Gasteiger partial charge in [-0.3, -0.25) is 0 Å². The van der Waals surface area contributed by atoms with Gasteiger partial charge in [-0.15, -0.1) is 0 Å². The first-order valence-corrected chi connectivity index (χ1v) is 7.77. The molecule has 1 rings (SSSR count). The van der Waals surface area contributed by atoms with Crippen molar-refractivity contribution >= 4 is 0 Å². The lowest BCUT2D eigenvalue weighted by Crippen LogP contribution is -2.47. The lowest BCUT2D eigenvalue weighted by molar-refractivity contribution is -0.00408. The fourth-order valence-electron chi connectivity index (χ4n) is 2.74. The normalized spacial score (nSPS) is 18.9. The van der Waals surface area contributed by atoms with Crippen LogP contribution in [-0.4, -0.2) is 64.6 Å². The summed E-state index contributed by atoms with van der Waals surface area (Å²) in [6.07, 6.45) is 3.54. The van der Waals surface area contributed by atoms with Crippen molar-refractivity contribution in [3.05, 3.63) is 0 Å². The van der Waals surface area contributed by atoms with Crippen molar-refractivity contribution in [2.45, 2.75) is 33.1 Å². The molecule has 0 saturated carbocycles. The summed E-state index contributed by atoms with van der Waals surface area (Å²) in [5.74, 6) is 0. The lowest BCUT2D eigenvalue weighted by atomic mass is 9.79. The summed E-state index contributed by atoms with van der Waals surface area (Å²) in [5, 5.41) is 3.60. The van der Waals surface area contributed by atoms with E-state index < -0.39 is 0 Å². The topological polar surface area (TPSA) is 33.7 Å². The summed E-state index contributed by atoms with van der Waals surface area (Å²) in [6.45, 7) is 12.1. The van der Waals surface area contributed by atoms with Crippen LogP contribution in [0.25, 0.3) is 0 Å². The molecule has 0 bridgehead atoms. The molecule has 0 aliphatic carbocycles. The standard InChI is InChI=1S/C15H32N2O2/c1-4-8-16-13-15(6-10-19-11-7-15)14-17(3)9-12-18-5-2/h16H,4-14H2,1-3H3. The Morgan fingerprint density at radius 3 is 2.63 bits per heavy atom. The van der Waals surface area contributed by atoms with E-state index in [1.807, 2.05) is 0 Å². The summed E-state index contributed by atoms with van der Waals surface area (Å²) < 4.78 is 11.0. The van der Waals surface area contributed by atoms with Gasteiger partial charge in [0.05, 0.1) is 6.61 Å². The minimum atomic E-state index is 0.383. The minimum Gasteiger partial charge on any atom is -0.381 e. The number of rotatable bonds is 10. The average molecular weight is 272 g/mol. The van der Waals surface area contributed by atoms with E-state index in [4.69, 9.17) is 9.47 Å². The van der Waals surface area contributed by atoms with Gasteiger partial charge < -0.3 is 19.7 Å². The highest BCUT2D eigenvalue weighted by molar-refractivity contribution is 4.86. The molecule has 0 aromatic heterocycles. The highest BCUT2D eigenvalue weighted by Gasteiger charge is 2.33. The third-order valence-corrected chi connectivity index (χ3v) is 3.91. The Labute approximate surface area is 118 Å². The van der Waals surface area contributed by atoms with Crippen LogP contribution >= 0.6 is 0 Å². The molecule has 1 aliphatic heterocycles. The SMILES string of the molecule is CCCNCC1(CN(C)CCOCC)CCOCC1. The van der Waals surface area contributed by atoms with Crippen LogP contribution in [0.1, 0.15) is 33.1 Å². The Morgan fingerprint density at radius 2 is 2.00 bits per heavy atom. The van der Waals surface area contributed by atoms with E-state index in [0.717, 1.165) is 52.6 Å². The van der Waals surface area contributed by atoms with Gasteiger partial charge in [-0.1, -0.05) is 6.92 Å². The fraction of sp³-hybridized carbons (Fsp3) is 1.00. The number of nitrogens with one attached hydrogen (secondary N) is 1. The maximum atomic E-state index is 5.54. The number of ether oxygens (including phenoxy) is 2. The number of hydrogen-bond donors (Lipinski definition) is 1. The van der Waals surface area contributed by atoms with Gasteiger partial charge in [0.1, 0.15) is 0 Å². The van der Waals surface area contributed by atoms with E-state index in [2.05, 4.69) is 31.1 Å². The molecule has 0 spiro atoms. The monoisotopic (exact) mass is 272 g/mol. The molecular weight excluding hydrogens is 240 g/mol. The van der Waals surface area contributed by atoms with Gasteiger partial charge in [-0.25, -0.2) is 0 Å². The van der Waals surface area contributed by atoms with Crippen molar-refractivity contribution in [3.8, 4) is 0 Å². The zero-order valence-corrected chi connectivity index (χ0v) is 13.0. The number of hydrogen-bond acceptors (Lipinski definition) is 4. The molecule has 0 aromatic carbocycles. The van der Waals surface area contributed by atoms with Gasteiger partial charge in [0, 0.05) is 39.5 Å². The summed E-state index contributed by atoms with van der Waals surface area (Å²) >= 11 is 0. The summed E-state index contributed by atoms with van der Waals surface area (Å²) in [6, 6.07) is 0. The van der Waals surface area contributed by atoms with Crippen molar-refractivity contribution in [1.82, 2.24) is 10.2 Å². The quantitative estimate of drug-likeness (QED) is 0.614. The fourth-order valence-corrected chi connectivity index (χ4v) is 2.74. The van der Waals surface area contributed by atoms with Crippen LogP contribution in [0.3, 0.4) is 0 Å². The molecule has 19 heavy (non-hydrogen) atoms. The van der Waals surface area contributed by atoms with E-state index in [9.17, 15) is 0 Å². The van der Waals surface area contributed by atoms with Crippen LogP contribution in [0, 0.1) is 5.41 Å². The van der Waals surface area contributed by atoms with Crippen LogP contribution in [0.2, 0.25) is 0 Å². The molecular formula is C15H32N2O2. The third-order valence-electron chi connectivity index (χ3n) is 3.91. The molecule has 1 aliphatic rings. The second-order valence-electron chi connectivity index (χ2n) is 5.72. The first kappa shape index (κ1) is 16.9. The first-order chi connectivity index (χ1) is 9.22. The van der Waals surface area contributed by atoms with Gasteiger partial charge in [0.2, 0.25) is 0 Å². The molecule has 4 nitrogen and oxygen atoms in total. The van der Waals surface area contributed by atoms with Crippen molar-refractivity contribution in [2.24, 2.45) is 5.41 Å². The van der Waals surface area contributed by atoms with E-state index >= 15 is 0 Å². The van der Waals surface area contributed by atoms with Gasteiger partial charge in [0.25, 0.3) is 0 Å². The molecule has 1 fully saturated rings. The Morgan fingerprint density at radius 1 is 1.26 bits per heavy atom. The van der Waals surface area contributed by atoms with Crippen molar-refractivity contribution < 1.29 is 9.47 Å². The van der Waals surface area contributed by atoms with Crippen LogP contribution < -0.4 is 5.32 Å². The predicted octanol–water partition coefficient (Wildman–Crippen LogP) is 1.75. The molecule has 1 saturated heterocycles. The molecule has 0 radical (unpaired) electrons. The van der Waals surface area contributed by atoms with Crippen molar-refractivity contribution in [2.75, 3.05) is 59.7 Å². The summed E-state index contributed by atoms with van der Waals surface area (Å²) in [4.78, 5) is 2.41. The van der Waals surface area contributed by atoms with E-state index in [-0.39, 0.29) is 0 Å². The van der Waals surface area contributed by atoms with Crippen LogP contribution in [0.5, 0.6) is 0 Å². The van der Waals surface area contributed by atoms with Gasteiger partial charge >= 0.3 is 0 Å². The Balaban J connectivity index is 2.39. The highest BCUT2D eigenvalue weighted by atomic mass is 16.5. The lowest BCUT2D eigenvalue weighted by Gasteiger charge is -2.40. The molecule has 4 heteroatoms. The van der Waals surface area contributed by atoms with Crippen LogP contribution in [0.4, 0.5) is 0 Å². The van der Waals surface area contributed by atoms with Gasteiger partial charge in [-0.2, -0.15) is 0 Å². The molecule has 114 valence electrons. The van der Waals surface area contributed by atoms with Gasteiger partial charge in [0.15, 0.2) is 0 Å². The summed E-state index contributed by atoms with van der Waals surface area (Å²) in [7, 11) is 2.20. The zero-order valence-electron chi connectivity index (χ0n) is 13.0. The van der Waals surface area contributed by atoms with Crippen LogP contribution in [-0.2, 0) is 9.47 Å². The largest absolute Gasteiger partial charge is 0.381 e. The maximum Gasteiger partial charge on any atom is 0.0593 e. The number of likely N-dealkylation sites (N-methyl/N-ethyl adjacent to an activating group) is 1. The molecule has 0 aromatic rings. The predicted molar refractivity (Wildman–Crippen MR) is 79.6 cm³/mol.